The van der Waals surface area contributed by atoms with Crippen LogP contribution in [0.15, 0.2) is 12.1 Å². The van der Waals surface area contributed by atoms with E-state index >= 15 is 0 Å². The number of rotatable bonds is 4. The van der Waals surface area contributed by atoms with Crippen molar-refractivity contribution in [2.24, 2.45) is 5.92 Å². The second-order valence-corrected chi connectivity index (χ2v) is 7.77. The predicted octanol–water partition coefficient (Wildman–Crippen LogP) is 3.17. The summed E-state index contributed by atoms with van der Waals surface area (Å²) in [6, 6.07) is 3.22. The lowest BCUT2D eigenvalue weighted by molar-refractivity contribution is -0.132. The first-order valence-electron chi connectivity index (χ1n) is 9.35. The average molecular weight is 423 g/mol. The molecular weight excluding hydrogens is 403 g/mol. The van der Waals surface area contributed by atoms with Crippen LogP contribution in [0.1, 0.15) is 30.3 Å². The molecular formula is C19H20Cl2N4O3. The van der Waals surface area contributed by atoms with E-state index in [0.29, 0.717) is 53.1 Å². The molecule has 148 valence electrons. The molecule has 1 aromatic carbocycles. The number of aromatic nitrogens is 2. The van der Waals surface area contributed by atoms with E-state index in [1.165, 1.54) is 0 Å². The average Bonchev–Trinajstić information content (AvgIpc) is 3.53. The maximum absolute atomic E-state index is 12.5. The Morgan fingerprint density at radius 3 is 2.25 bits per heavy atom. The first-order valence-corrected chi connectivity index (χ1v) is 10.1. The van der Waals surface area contributed by atoms with Crippen molar-refractivity contribution in [1.29, 1.82) is 0 Å². The molecule has 9 heteroatoms. The van der Waals surface area contributed by atoms with Crippen molar-refractivity contribution in [3.63, 3.8) is 0 Å². The van der Waals surface area contributed by atoms with Gasteiger partial charge < -0.3 is 14.5 Å². The van der Waals surface area contributed by atoms with E-state index in [4.69, 9.17) is 27.9 Å². The van der Waals surface area contributed by atoms with E-state index in [2.05, 4.69) is 9.97 Å². The van der Waals surface area contributed by atoms with Crippen LogP contribution in [0.5, 0.6) is 0 Å². The van der Waals surface area contributed by atoms with Crippen molar-refractivity contribution < 1.29 is 14.3 Å². The van der Waals surface area contributed by atoms with Gasteiger partial charge in [0, 0.05) is 32.1 Å². The molecule has 0 unspecified atom stereocenters. The number of fused-ring (bicyclic) bond motifs is 1. The lowest BCUT2D eigenvalue weighted by atomic mass is 10.2. The van der Waals surface area contributed by atoms with Gasteiger partial charge in [0.25, 0.3) is 0 Å². The Labute approximate surface area is 172 Å². The molecule has 7 nitrogen and oxygen atoms in total. The van der Waals surface area contributed by atoms with E-state index < -0.39 is 5.97 Å². The van der Waals surface area contributed by atoms with Crippen molar-refractivity contribution in [2.45, 2.75) is 19.8 Å². The number of ether oxygens (including phenoxy) is 1. The third-order valence-corrected chi connectivity index (χ3v) is 5.70. The minimum absolute atomic E-state index is 0.148. The third-order valence-electron chi connectivity index (χ3n) is 4.97. The number of anilines is 1. The molecule has 0 atom stereocenters. The largest absolute Gasteiger partial charge is 0.461 e. The van der Waals surface area contributed by atoms with Crippen LogP contribution in [0.2, 0.25) is 10.0 Å². The van der Waals surface area contributed by atoms with Crippen molar-refractivity contribution in [3.05, 3.63) is 27.9 Å². The number of carbonyl (C=O) groups excluding carboxylic acids is 2. The predicted molar refractivity (Wildman–Crippen MR) is 107 cm³/mol. The number of benzene rings is 1. The molecule has 28 heavy (non-hydrogen) atoms. The van der Waals surface area contributed by atoms with Gasteiger partial charge in [0.15, 0.2) is 11.5 Å². The van der Waals surface area contributed by atoms with Crippen LogP contribution < -0.4 is 4.90 Å². The Morgan fingerprint density at radius 1 is 1.07 bits per heavy atom. The van der Waals surface area contributed by atoms with Gasteiger partial charge in [-0.3, -0.25) is 4.79 Å². The van der Waals surface area contributed by atoms with Gasteiger partial charge in [0.1, 0.15) is 0 Å². The van der Waals surface area contributed by atoms with Crippen LogP contribution in [-0.4, -0.2) is 59.5 Å². The molecule has 2 aromatic rings. The highest BCUT2D eigenvalue weighted by Gasteiger charge is 2.35. The highest BCUT2D eigenvalue weighted by molar-refractivity contribution is 6.42. The molecule has 4 rings (SSSR count). The van der Waals surface area contributed by atoms with Gasteiger partial charge in [-0.25, -0.2) is 14.8 Å². The monoisotopic (exact) mass is 422 g/mol. The SMILES string of the molecule is CCOC(=O)c1nc2cc(Cl)c(Cl)cc2nc1N1CCN(C(=O)C2CC2)CC1. The first-order chi connectivity index (χ1) is 13.5. The number of nitrogens with zero attached hydrogens (tertiary/aromatic N) is 4. The molecule has 1 amide bonds. The standard InChI is InChI=1S/C19H20Cl2N4O3/c1-2-28-19(27)16-17(23-15-10-13(21)12(20)9-14(15)22-16)24-5-7-25(8-6-24)18(26)11-3-4-11/h9-11H,2-8H2,1H3. The first kappa shape index (κ1) is 19.2. The van der Waals surface area contributed by atoms with E-state index in [0.717, 1.165) is 12.8 Å². The molecule has 1 aromatic heterocycles. The van der Waals surface area contributed by atoms with Gasteiger partial charge in [-0.2, -0.15) is 0 Å². The molecule has 2 fully saturated rings. The lowest BCUT2D eigenvalue weighted by Gasteiger charge is -2.36. The van der Waals surface area contributed by atoms with Crippen molar-refractivity contribution in [3.8, 4) is 0 Å². The lowest BCUT2D eigenvalue weighted by Crippen LogP contribution is -2.50. The summed E-state index contributed by atoms with van der Waals surface area (Å²) in [5.41, 5.74) is 1.17. The fraction of sp³-hybridized carbons (Fsp3) is 0.474. The zero-order chi connectivity index (χ0) is 19.8. The number of halogens is 2. The van der Waals surface area contributed by atoms with Gasteiger partial charge in [0.05, 0.1) is 27.7 Å². The van der Waals surface area contributed by atoms with Gasteiger partial charge in [-0.1, -0.05) is 23.2 Å². The molecule has 0 radical (unpaired) electrons. The normalized spacial score (nSPS) is 17.1. The van der Waals surface area contributed by atoms with E-state index in [1.54, 1.807) is 19.1 Å². The molecule has 0 N–H and O–H groups in total. The molecule has 1 saturated heterocycles. The number of carbonyl (C=O) groups is 2. The highest BCUT2D eigenvalue weighted by Crippen LogP contribution is 2.32. The zero-order valence-electron chi connectivity index (χ0n) is 15.5. The van der Waals surface area contributed by atoms with Gasteiger partial charge >= 0.3 is 5.97 Å². The minimum Gasteiger partial charge on any atom is -0.461 e. The van der Waals surface area contributed by atoms with Crippen LogP contribution >= 0.6 is 23.2 Å². The molecule has 0 spiro atoms. The summed E-state index contributed by atoms with van der Waals surface area (Å²) in [6.45, 7) is 4.32. The summed E-state index contributed by atoms with van der Waals surface area (Å²) < 4.78 is 5.17. The van der Waals surface area contributed by atoms with Crippen LogP contribution in [-0.2, 0) is 9.53 Å². The molecule has 2 heterocycles. The summed E-state index contributed by atoms with van der Waals surface area (Å²) in [4.78, 5) is 37.7. The summed E-state index contributed by atoms with van der Waals surface area (Å²) >= 11 is 12.2. The highest BCUT2D eigenvalue weighted by atomic mass is 35.5. The fourth-order valence-corrected chi connectivity index (χ4v) is 3.64. The van der Waals surface area contributed by atoms with Gasteiger partial charge in [-0.15, -0.1) is 0 Å². The topological polar surface area (TPSA) is 75.6 Å². The Balaban J connectivity index is 1.66. The maximum Gasteiger partial charge on any atom is 0.360 e. The number of hydrogen-bond donors (Lipinski definition) is 0. The second-order valence-electron chi connectivity index (χ2n) is 6.96. The van der Waals surface area contributed by atoms with Crippen molar-refractivity contribution in [1.82, 2.24) is 14.9 Å². The van der Waals surface area contributed by atoms with Crippen molar-refractivity contribution in [2.75, 3.05) is 37.7 Å². The van der Waals surface area contributed by atoms with E-state index in [9.17, 15) is 9.59 Å². The van der Waals surface area contributed by atoms with Crippen LogP contribution in [0.4, 0.5) is 5.82 Å². The molecule has 1 aliphatic heterocycles. The van der Waals surface area contributed by atoms with Crippen LogP contribution in [0, 0.1) is 5.92 Å². The second kappa shape index (κ2) is 7.72. The third kappa shape index (κ3) is 3.73. The summed E-state index contributed by atoms with van der Waals surface area (Å²) in [6.07, 6.45) is 1.98. The summed E-state index contributed by atoms with van der Waals surface area (Å²) in [7, 11) is 0. The number of esters is 1. The number of hydrogen-bond acceptors (Lipinski definition) is 6. The Hall–Kier alpha value is -2.12. The zero-order valence-corrected chi connectivity index (χ0v) is 17.0. The minimum atomic E-state index is -0.533. The van der Waals surface area contributed by atoms with Crippen molar-refractivity contribution >= 4 is 51.9 Å². The van der Waals surface area contributed by atoms with E-state index in [1.807, 2.05) is 9.80 Å². The molecule has 2 aliphatic rings. The Morgan fingerprint density at radius 2 is 1.68 bits per heavy atom. The molecule has 1 saturated carbocycles. The summed E-state index contributed by atoms with van der Waals surface area (Å²) in [5.74, 6) is 0.350. The maximum atomic E-state index is 12.5. The van der Waals surface area contributed by atoms with Crippen LogP contribution in [0.25, 0.3) is 11.0 Å². The van der Waals surface area contributed by atoms with Crippen LogP contribution in [0.3, 0.4) is 0 Å². The number of piperazine rings is 1. The molecule has 1 aliphatic carbocycles. The summed E-state index contributed by atoms with van der Waals surface area (Å²) in [5, 5.41) is 0.719. The Bertz CT molecular complexity index is 940. The fourth-order valence-electron chi connectivity index (χ4n) is 3.33. The van der Waals surface area contributed by atoms with Gasteiger partial charge in [-0.05, 0) is 31.9 Å². The smallest absolute Gasteiger partial charge is 0.360 e. The Kier molecular flexibility index (Phi) is 5.29. The number of amides is 1. The van der Waals surface area contributed by atoms with E-state index in [-0.39, 0.29) is 24.1 Å². The van der Waals surface area contributed by atoms with Gasteiger partial charge in [0.2, 0.25) is 5.91 Å². The molecule has 0 bridgehead atoms. The quantitative estimate of drug-likeness (QED) is 0.704.